The van der Waals surface area contributed by atoms with Crippen molar-refractivity contribution in [1.82, 2.24) is 0 Å². The fourth-order valence-corrected chi connectivity index (χ4v) is 1.34. The molecular weight excluding hydrogens is 146 g/mol. The maximum Gasteiger partial charge on any atom is 0.309 e. The van der Waals surface area contributed by atoms with Gasteiger partial charge in [-0.2, -0.15) is 0 Å². The van der Waals surface area contributed by atoms with E-state index in [4.69, 9.17) is 15.6 Å². The van der Waals surface area contributed by atoms with Gasteiger partial charge in [0, 0.05) is 6.61 Å². The molecule has 2 unspecified atom stereocenters. The summed E-state index contributed by atoms with van der Waals surface area (Å²) in [6.45, 7) is 1.41. The van der Waals surface area contributed by atoms with E-state index < -0.39 is 11.9 Å². The van der Waals surface area contributed by atoms with Crippen LogP contribution in [0.15, 0.2) is 0 Å². The number of ether oxygens (including phenoxy) is 1. The number of carbonyl (C=O) groups is 1. The van der Waals surface area contributed by atoms with Gasteiger partial charge >= 0.3 is 5.97 Å². The molecule has 0 aromatic rings. The summed E-state index contributed by atoms with van der Waals surface area (Å²) in [4.78, 5) is 10.6. The van der Waals surface area contributed by atoms with Gasteiger partial charge in [-0.3, -0.25) is 4.79 Å². The van der Waals surface area contributed by atoms with Crippen molar-refractivity contribution >= 4 is 5.97 Å². The van der Waals surface area contributed by atoms with Crippen LogP contribution in [0.25, 0.3) is 0 Å². The number of aliphatic carboxylic acids is 1. The molecule has 1 fully saturated rings. The van der Waals surface area contributed by atoms with E-state index in [2.05, 4.69) is 0 Å². The molecule has 1 saturated heterocycles. The summed E-state index contributed by atoms with van der Waals surface area (Å²) in [5.41, 5.74) is 5.41. The molecule has 4 heteroatoms. The van der Waals surface area contributed by atoms with Crippen LogP contribution in [0, 0.1) is 11.8 Å². The SMILES string of the molecule is NCC1CCOCC1C(=O)O. The minimum atomic E-state index is -0.792. The molecule has 3 N–H and O–H groups in total. The quantitative estimate of drug-likeness (QED) is 0.579. The van der Waals surface area contributed by atoms with Gasteiger partial charge < -0.3 is 15.6 Å². The van der Waals surface area contributed by atoms with Gasteiger partial charge in [0.15, 0.2) is 0 Å². The topological polar surface area (TPSA) is 72.5 Å². The van der Waals surface area contributed by atoms with Crippen molar-refractivity contribution in [2.75, 3.05) is 19.8 Å². The van der Waals surface area contributed by atoms with Crippen molar-refractivity contribution in [3.05, 3.63) is 0 Å². The Bertz CT molecular complexity index is 149. The van der Waals surface area contributed by atoms with Gasteiger partial charge in [-0.1, -0.05) is 0 Å². The molecule has 64 valence electrons. The zero-order chi connectivity index (χ0) is 8.27. The Labute approximate surface area is 65.3 Å². The second-order valence-electron chi connectivity index (χ2n) is 2.80. The van der Waals surface area contributed by atoms with E-state index in [-0.39, 0.29) is 5.92 Å². The molecule has 1 aliphatic heterocycles. The first-order valence-electron chi connectivity index (χ1n) is 3.76. The number of carboxylic acid groups (broad SMARTS) is 1. The number of rotatable bonds is 2. The Morgan fingerprint density at radius 3 is 2.91 bits per heavy atom. The first-order valence-corrected chi connectivity index (χ1v) is 3.76. The number of carboxylic acids is 1. The Hall–Kier alpha value is -0.610. The largest absolute Gasteiger partial charge is 0.481 e. The summed E-state index contributed by atoms with van der Waals surface area (Å²) < 4.78 is 5.04. The molecule has 0 aromatic carbocycles. The molecule has 0 radical (unpaired) electrons. The third-order valence-electron chi connectivity index (χ3n) is 2.12. The van der Waals surface area contributed by atoms with E-state index in [0.29, 0.717) is 19.8 Å². The summed E-state index contributed by atoms with van der Waals surface area (Å²) in [6.07, 6.45) is 0.771. The zero-order valence-corrected chi connectivity index (χ0v) is 6.32. The van der Waals surface area contributed by atoms with Crippen LogP contribution >= 0.6 is 0 Å². The normalized spacial score (nSPS) is 31.7. The molecule has 1 heterocycles. The van der Waals surface area contributed by atoms with Crippen molar-refractivity contribution in [2.45, 2.75) is 6.42 Å². The molecule has 2 atom stereocenters. The van der Waals surface area contributed by atoms with Crippen molar-refractivity contribution in [2.24, 2.45) is 17.6 Å². The van der Waals surface area contributed by atoms with Gasteiger partial charge in [0.05, 0.1) is 12.5 Å². The molecule has 0 bridgehead atoms. The van der Waals surface area contributed by atoms with E-state index >= 15 is 0 Å². The van der Waals surface area contributed by atoms with Crippen LogP contribution in [0.2, 0.25) is 0 Å². The number of hydrogen-bond acceptors (Lipinski definition) is 3. The van der Waals surface area contributed by atoms with Crippen LogP contribution in [0.5, 0.6) is 0 Å². The Kier molecular flexibility index (Phi) is 2.84. The molecule has 1 rings (SSSR count). The lowest BCUT2D eigenvalue weighted by Gasteiger charge is -2.27. The summed E-state index contributed by atoms with van der Waals surface area (Å²) >= 11 is 0. The summed E-state index contributed by atoms with van der Waals surface area (Å²) in [5, 5.41) is 8.70. The Morgan fingerprint density at radius 2 is 2.45 bits per heavy atom. The smallest absolute Gasteiger partial charge is 0.309 e. The predicted octanol–water partition coefficient (Wildman–Crippen LogP) is -0.318. The lowest BCUT2D eigenvalue weighted by atomic mass is 9.89. The molecule has 1 aliphatic rings. The van der Waals surface area contributed by atoms with E-state index in [0.717, 1.165) is 6.42 Å². The van der Waals surface area contributed by atoms with Crippen molar-refractivity contribution < 1.29 is 14.6 Å². The van der Waals surface area contributed by atoms with Crippen LogP contribution in [0.3, 0.4) is 0 Å². The predicted molar refractivity (Wildman–Crippen MR) is 39.1 cm³/mol. The van der Waals surface area contributed by atoms with Crippen LogP contribution in [0.1, 0.15) is 6.42 Å². The highest BCUT2D eigenvalue weighted by Gasteiger charge is 2.30. The second-order valence-corrected chi connectivity index (χ2v) is 2.80. The van der Waals surface area contributed by atoms with E-state index in [9.17, 15) is 4.79 Å². The van der Waals surface area contributed by atoms with Gasteiger partial charge in [0.25, 0.3) is 0 Å². The summed E-state index contributed by atoms with van der Waals surface area (Å²) in [6, 6.07) is 0. The lowest BCUT2D eigenvalue weighted by Crippen LogP contribution is -2.37. The molecule has 0 spiro atoms. The molecular formula is C7H13NO3. The van der Waals surface area contributed by atoms with Gasteiger partial charge in [-0.15, -0.1) is 0 Å². The highest BCUT2D eigenvalue weighted by molar-refractivity contribution is 5.70. The fourth-order valence-electron chi connectivity index (χ4n) is 1.34. The third kappa shape index (κ3) is 1.91. The maximum atomic E-state index is 10.6. The summed E-state index contributed by atoms with van der Waals surface area (Å²) in [7, 11) is 0. The minimum absolute atomic E-state index is 0.0984. The fraction of sp³-hybridized carbons (Fsp3) is 0.857. The molecule has 0 aromatic heterocycles. The van der Waals surface area contributed by atoms with Crippen molar-refractivity contribution in [3.63, 3.8) is 0 Å². The van der Waals surface area contributed by atoms with Crippen molar-refractivity contribution in [3.8, 4) is 0 Å². The average molecular weight is 159 g/mol. The molecule has 11 heavy (non-hydrogen) atoms. The van der Waals surface area contributed by atoms with Crippen LogP contribution < -0.4 is 5.73 Å². The van der Waals surface area contributed by atoms with E-state index in [1.165, 1.54) is 0 Å². The van der Waals surface area contributed by atoms with Crippen molar-refractivity contribution in [1.29, 1.82) is 0 Å². The van der Waals surface area contributed by atoms with Gasteiger partial charge in [-0.25, -0.2) is 0 Å². The average Bonchev–Trinajstić information content (AvgIpc) is 2.04. The zero-order valence-electron chi connectivity index (χ0n) is 6.32. The third-order valence-corrected chi connectivity index (χ3v) is 2.12. The second kappa shape index (κ2) is 3.69. The lowest BCUT2D eigenvalue weighted by molar-refractivity contribution is -0.149. The van der Waals surface area contributed by atoms with Gasteiger partial charge in [-0.05, 0) is 18.9 Å². The molecule has 0 amide bonds. The monoisotopic (exact) mass is 159 g/mol. The standard InChI is InChI=1S/C7H13NO3/c8-3-5-1-2-11-4-6(5)7(9)10/h5-6H,1-4,8H2,(H,9,10). The molecule has 4 nitrogen and oxygen atoms in total. The minimum Gasteiger partial charge on any atom is -0.481 e. The number of nitrogens with two attached hydrogens (primary N) is 1. The maximum absolute atomic E-state index is 10.6. The first-order chi connectivity index (χ1) is 5.25. The van der Waals surface area contributed by atoms with Gasteiger partial charge in [0.1, 0.15) is 0 Å². The van der Waals surface area contributed by atoms with E-state index in [1.54, 1.807) is 0 Å². The molecule has 0 saturated carbocycles. The Morgan fingerprint density at radius 1 is 1.73 bits per heavy atom. The van der Waals surface area contributed by atoms with E-state index in [1.807, 2.05) is 0 Å². The molecule has 0 aliphatic carbocycles. The highest BCUT2D eigenvalue weighted by Crippen LogP contribution is 2.20. The van der Waals surface area contributed by atoms with Gasteiger partial charge in [0.2, 0.25) is 0 Å². The highest BCUT2D eigenvalue weighted by atomic mass is 16.5. The number of hydrogen-bond donors (Lipinski definition) is 2. The first kappa shape index (κ1) is 8.49. The summed E-state index contributed by atoms with van der Waals surface area (Å²) in [5.74, 6) is -1.09. The van der Waals surface area contributed by atoms with Crippen LogP contribution in [-0.2, 0) is 9.53 Å². The van der Waals surface area contributed by atoms with Crippen LogP contribution in [0.4, 0.5) is 0 Å². The van der Waals surface area contributed by atoms with Crippen LogP contribution in [-0.4, -0.2) is 30.8 Å². The Balaban J connectivity index is 2.51.